The van der Waals surface area contributed by atoms with Crippen LogP contribution in [-0.4, -0.2) is 6.61 Å². The summed E-state index contributed by atoms with van der Waals surface area (Å²) in [5, 5.41) is 0. The Bertz CT molecular complexity index is 401. The largest absolute Gasteiger partial charge is 0.419 e. The van der Waals surface area contributed by atoms with Gasteiger partial charge in [-0.05, 0) is 17.7 Å². The minimum Gasteiger partial charge on any atom is -0.304 e. The van der Waals surface area contributed by atoms with Crippen LogP contribution < -0.4 is 5.90 Å². The lowest BCUT2D eigenvalue weighted by atomic mass is 9.84. The molecule has 17 heavy (non-hydrogen) atoms. The van der Waals surface area contributed by atoms with Gasteiger partial charge in [0.05, 0.1) is 12.2 Å². The average Bonchev–Trinajstić information content (AvgIpc) is 2.15. The number of halogens is 4. The Balaban J connectivity index is 3.22. The molecular formula is C11H13F4NO. The Kier molecular flexibility index (Phi) is 3.78. The molecule has 0 spiro atoms. The molecule has 1 rings (SSSR count). The fourth-order valence-electron chi connectivity index (χ4n) is 1.46. The van der Waals surface area contributed by atoms with E-state index < -0.39 is 23.0 Å². The summed E-state index contributed by atoms with van der Waals surface area (Å²) in [4.78, 5) is 4.44. The zero-order valence-corrected chi connectivity index (χ0v) is 9.44. The second kappa shape index (κ2) is 4.62. The number of hydrogen-bond donors (Lipinski definition) is 1. The average molecular weight is 251 g/mol. The Morgan fingerprint density at radius 2 is 1.82 bits per heavy atom. The molecule has 1 aromatic carbocycles. The van der Waals surface area contributed by atoms with Crippen molar-refractivity contribution >= 4 is 0 Å². The van der Waals surface area contributed by atoms with Crippen LogP contribution in [-0.2, 0) is 16.4 Å². The molecule has 0 radical (unpaired) electrons. The van der Waals surface area contributed by atoms with E-state index >= 15 is 0 Å². The van der Waals surface area contributed by atoms with Gasteiger partial charge in [0.15, 0.2) is 0 Å². The molecule has 0 saturated heterocycles. The summed E-state index contributed by atoms with van der Waals surface area (Å²) in [6.45, 7) is 3.36. The minimum atomic E-state index is -4.71. The van der Waals surface area contributed by atoms with Crippen LogP contribution >= 0.6 is 0 Å². The molecule has 0 atom stereocenters. The van der Waals surface area contributed by atoms with Crippen molar-refractivity contribution in [1.82, 2.24) is 0 Å². The van der Waals surface area contributed by atoms with Crippen molar-refractivity contribution in [2.75, 3.05) is 6.61 Å². The van der Waals surface area contributed by atoms with Crippen LogP contribution in [0.2, 0.25) is 0 Å². The first-order valence-electron chi connectivity index (χ1n) is 4.87. The molecule has 1 aromatic rings. The van der Waals surface area contributed by atoms with Crippen molar-refractivity contribution in [2.45, 2.75) is 25.4 Å². The zero-order chi connectivity index (χ0) is 13.3. The summed E-state index contributed by atoms with van der Waals surface area (Å²) in [5.41, 5.74) is -1.68. The Labute approximate surface area is 96.3 Å². The fourth-order valence-corrected chi connectivity index (χ4v) is 1.46. The topological polar surface area (TPSA) is 35.2 Å². The molecule has 0 aromatic heterocycles. The first-order valence-corrected chi connectivity index (χ1v) is 4.87. The number of benzene rings is 1. The molecule has 0 heterocycles. The Morgan fingerprint density at radius 3 is 2.29 bits per heavy atom. The van der Waals surface area contributed by atoms with Gasteiger partial charge in [0.25, 0.3) is 0 Å². The summed E-state index contributed by atoms with van der Waals surface area (Å²) in [7, 11) is 0. The highest BCUT2D eigenvalue weighted by molar-refractivity contribution is 5.32. The fraction of sp³-hybridized carbons (Fsp3) is 0.455. The van der Waals surface area contributed by atoms with E-state index in [4.69, 9.17) is 5.90 Å². The molecule has 0 unspecified atom stereocenters. The number of alkyl halides is 3. The SMILES string of the molecule is CC(C)(CON)c1ccc(F)c(C(F)(F)F)c1. The molecule has 0 aliphatic heterocycles. The molecule has 2 nitrogen and oxygen atoms in total. The minimum absolute atomic E-state index is 0.0376. The van der Waals surface area contributed by atoms with Gasteiger partial charge < -0.3 is 4.84 Å². The Hall–Kier alpha value is -1.14. The van der Waals surface area contributed by atoms with E-state index in [1.165, 1.54) is 6.07 Å². The summed E-state index contributed by atoms with van der Waals surface area (Å²) in [6, 6.07) is 2.88. The lowest BCUT2D eigenvalue weighted by Crippen LogP contribution is -2.27. The van der Waals surface area contributed by atoms with Crippen LogP contribution in [0.15, 0.2) is 18.2 Å². The van der Waals surface area contributed by atoms with Crippen molar-refractivity contribution in [3.05, 3.63) is 35.1 Å². The normalized spacial score (nSPS) is 12.9. The van der Waals surface area contributed by atoms with Gasteiger partial charge in [0.1, 0.15) is 5.82 Å². The molecule has 0 aliphatic rings. The van der Waals surface area contributed by atoms with Crippen LogP contribution in [0.25, 0.3) is 0 Å². The maximum atomic E-state index is 13.1. The summed E-state index contributed by atoms with van der Waals surface area (Å²) < 4.78 is 50.6. The highest BCUT2D eigenvalue weighted by atomic mass is 19.4. The van der Waals surface area contributed by atoms with Crippen molar-refractivity contribution in [3.8, 4) is 0 Å². The van der Waals surface area contributed by atoms with Gasteiger partial charge in [-0.15, -0.1) is 0 Å². The zero-order valence-electron chi connectivity index (χ0n) is 9.44. The standard InChI is InChI=1S/C11H13F4NO/c1-10(2,6-17-16)7-3-4-9(12)8(5-7)11(13,14)15/h3-5H,6,16H2,1-2H3. The van der Waals surface area contributed by atoms with Crippen molar-refractivity contribution in [2.24, 2.45) is 5.90 Å². The second-order valence-electron chi connectivity index (χ2n) is 4.39. The van der Waals surface area contributed by atoms with E-state index in [0.717, 1.165) is 12.1 Å². The third kappa shape index (κ3) is 3.17. The molecule has 0 bridgehead atoms. The quantitative estimate of drug-likeness (QED) is 0.662. The van der Waals surface area contributed by atoms with Crippen LogP contribution in [0.5, 0.6) is 0 Å². The number of rotatable bonds is 3. The number of nitrogens with two attached hydrogens (primary N) is 1. The van der Waals surface area contributed by atoms with E-state index in [-0.39, 0.29) is 6.61 Å². The van der Waals surface area contributed by atoms with E-state index in [0.29, 0.717) is 5.56 Å². The first kappa shape index (κ1) is 13.9. The van der Waals surface area contributed by atoms with Crippen LogP contribution in [0, 0.1) is 5.82 Å². The van der Waals surface area contributed by atoms with Gasteiger partial charge in [-0.25, -0.2) is 10.3 Å². The second-order valence-corrected chi connectivity index (χ2v) is 4.39. The van der Waals surface area contributed by atoms with E-state index in [2.05, 4.69) is 4.84 Å². The monoisotopic (exact) mass is 251 g/mol. The molecule has 96 valence electrons. The molecule has 6 heteroatoms. The van der Waals surface area contributed by atoms with Crippen LogP contribution in [0.3, 0.4) is 0 Å². The molecule has 0 amide bonds. The van der Waals surface area contributed by atoms with Gasteiger partial charge in [-0.1, -0.05) is 19.9 Å². The van der Waals surface area contributed by atoms with Gasteiger partial charge in [-0.3, -0.25) is 0 Å². The van der Waals surface area contributed by atoms with Crippen LogP contribution in [0.4, 0.5) is 17.6 Å². The first-order chi connectivity index (χ1) is 7.68. The third-order valence-electron chi connectivity index (χ3n) is 2.50. The van der Waals surface area contributed by atoms with E-state index in [1.807, 2.05) is 0 Å². The Morgan fingerprint density at radius 1 is 1.24 bits per heavy atom. The summed E-state index contributed by atoms with van der Waals surface area (Å²) in [5.74, 6) is 3.62. The predicted octanol–water partition coefficient (Wildman–Crippen LogP) is 3.01. The molecule has 0 aliphatic carbocycles. The molecular weight excluding hydrogens is 238 g/mol. The number of hydrogen-bond acceptors (Lipinski definition) is 2. The lowest BCUT2D eigenvalue weighted by Gasteiger charge is -2.24. The smallest absolute Gasteiger partial charge is 0.304 e. The van der Waals surface area contributed by atoms with Gasteiger partial charge in [0, 0.05) is 5.41 Å². The van der Waals surface area contributed by atoms with Crippen molar-refractivity contribution in [1.29, 1.82) is 0 Å². The third-order valence-corrected chi connectivity index (χ3v) is 2.50. The highest BCUT2D eigenvalue weighted by Gasteiger charge is 2.35. The van der Waals surface area contributed by atoms with Crippen molar-refractivity contribution < 1.29 is 22.4 Å². The highest BCUT2D eigenvalue weighted by Crippen LogP contribution is 2.34. The lowest BCUT2D eigenvalue weighted by molar-refractivity contribution is -0.140. The van der Waals surface area contributed by atoms with Crippen LogP contribution in [0.1, 0.15) is 25.0 Å². The van der Waals surface area contributed by atoms with E-state index in [9.17, 15) is 17.6 Å². The summed E-state index contributed by atoms with van der Waals surface area (Å²) >= 11 is 0. The van der Waals surface area contributed by atoms with Crippen molar-refractivity contribution in [3.63, 3.8) is 0 Å². The van der Waals surface area contributed by atoms with E-state index in [1.54, 1.807) is 13.8 Å². The van der Waals surface area contributed by atoms with Gasteiger partial charge in [-0.2, -0.15) is 13.2 Å². The maximum absolute atomic E-state index is 13.1. The molecule has 0 fully saturated rings. The predicted molar refractivity (Wildman–Crippen MR) is 54.6 cm³/mol. The van der Waals surface area contributed by atoms with Gasteiger partial charge >= 0.3 is 6.18 Å². The molecule has 2 N–H and O–H groups in total. The van der Waals surface area contributed by atoms with Gasteiger partial charge in [0.2, 0.25) is 0 Å². The molecule has 0 saturated carbocycles. The maximum Gasteiger partial charge on any atom is 0.419 e. The summed E-state index contributed by atoms with van der Waals surface area (Å²) in [6.07, 6.45) is -4.71.